The number of nitrogens with two attached hydrogens (primary N) is 1. The van der Waals surface area contributed by atoms with Gasteiger partial charge in [0.05, 0.1) is 11.8 Å². The van der Waals surface area contributed by atoms with E-state index >= 15 is 0 Å². The van der Waals surface area contributed by atoms with Crippen LogP contribution in [-0.2, 0) is 24.0 Å². The lowest BCUT2D eigenvalue weighted by Gasteiger charge is -2.37. The molecule has 202 valence electrons. The Morgan fingerprint density at radius 2 is 1.78 bits per heavy atom. The number of nitrogens with zero attached hydrogens (tertiary/aromatic N) is 1. The van der Waals surface area contributed by atoms with Crippen LogP contribution in [0.1, 0.15) is 33.6 Å². The van der Waals surface area contributed by atoms with E-state index in [0.29, 0.717) is 13.0 Å². The van der Waals surface area contributed by atoms with Crippen LogP contribution in [-0.4, -0.2) is 77.7 Å². The molecule has 6 atom stereocenters. The lowest BCUT2D eigenvalue weighted by molar-refractivity contribution is -0.176. The maximum Gasteiger partial charge on any atom is 0.471 e. The third kappa shape index (κ3) is 5.24. The molecule has 5 N–H and O–H groups in total. The van der Waals surface area contributed by atoms with Gasteiger partial charge in [-0.15, -0.1) is 0 Å². The highest BCUT2D eigenvalue weighted by Crippen LogP contribution is 2.62. The van der Waals surface area contributed by atoms with E-state index in [1.54, 1.807) is 5.32 Å². The van der Waals surface area contributed by atoms with Crippen molar-refractivity contribution in [1.82, 2.24) is 20.9 Å². The van der Waals surface area contributed by atoms with Gasteiger partial charge in [0.1, 0.15) is 18.1 Å². The van der Waals surface area contributed by atoms with Gasteiger partial charge in [-0.3, -0.25) is 24.0 Å². The molecule has 0 spiro atoms. The van der Waals surface area contributed by atoms with Gasteiger partial charge in [0.15, 0.2) is 0 Å². The molecule has 15 heteroatoms. The molecule has 5 amide bonds. The largest absolute Gasteiger partial charge is 0.471 e. The number of likely N-dealkylation sites (tertiary alicyclic amines) is 1. The van der Waals surface area contributed by atoms with Crippen molar-refractivity contribution < 1.29 is 45.9 Å². The third-order valence-electron chi connectivity index (χ3n) is 6.87. The number of rotatable bonds is 7. The number of amides is 5. The van der Waals surface area contributed by atoms with Crippen LogP contribution in [0.2, 0.25) is 0 Å². The van der Waals surface area contributed by atoms with E-state index in [0.717, 1.165) is 4.90 Å². The Balaban J connectivity index is 1.83. The minimum absolute atomic E-state index is 0.190. The predicted octanol–water partition coefficient (Wildman–Crippen LogP) is -0.332. The maximum atomic E-state index is 14.3. The number of hydrogen-bond donors (Lipinski definition) is 4. The second kappa shape index (κ2) is 9.14. The van der Waals surface area contributed by atoms with Gasteiger partial charge >= 0.3 is 12.1 Å². The fraction of sp³-hybridized carbons (Fsp3) is 0.762. The first-order chi connectivity index (χ1) is 16.4. The molecule has 0 aromatic rings. The Morgan fingerprint density at radius 3 is 2.25 bits per heavy atom. The van der Waals surface area contributed by atoms with Crippen LogP contribution in [0.4, 0.5) is 22.0 Å². The summed E-state index contributed by atoms with van der Waals surface area (Å²) < 4.78 is 67.1. The summed E-state index contributed by atoms with van der Waals surface area (Å²) in [6.07, 6.45) is -5.13. The van der Waals surface area contributed by atoms with Gasteiger partial charge in [-0.25, -0.2) is 8.78 Å². The van der Waals surface area contributed by atoms with Crippen molar-refractivity contribution in [2.24, 2.45) is 28.9 Å². The van der Waals surface area contributed by atoms with E-state index in [-0.39, 0.29) is 12.3 Å². The van der Waals surface area contributed by atoms with Crippen molar-refractivity contribution in [2.75, 3.05) is 13.1 Å². The molecular formula is C21H28F5N5O5. The first kappa shape index (κ1) is 27.6. The Kier molecular flexibility index (Phi) is 7.00. The standard InChI is InChI=1S/C21H28F5N5O5/c1-19(2,3)13(30-18(36)21(24,25)26)17(35)31-7-9-11(20(9,22)23)12(31)16(34)29-10(14(27)32)6-8-4-5-28-15(8)33/h8-13H,4-7H2,1-3H3,(H2,27,32)(H,28,33)(H,29,34)(H,30,36)/t8-,9-,10-,11-,12-,13+/m0/s1. The van der Waals surface area contributed by atoms with E-state index in [9.17, 15) is 45.9 Å². The summed E-state index contributed by atoms with van der Waals surface area (Å²) in [5.74, 6) is -13.1. The van der Waals surface area contributed by atoms with Crippen LogP contribution in [0.15, 0.2) is 0 Å². The smallest absolute Gasteiger partial charge is 0.368 e. The maximum absolute atomic E-state index is 14.3. The average Bonchev–Trinajstić information content (AvgIpc) is 3.09. The number of nitrogens with one attached hydrogen (secondary N) is 3. The molecule has 3 rings (SSSR count). The summed E-state index contributed by atoms with van der Waals surface area (Å²) in [5.41, 5.74) is 4.05. The van der Waals surface area contributed by atoms with Crippen molar-refractivity contribution in [3.05, 3.63) is 0 Å². The minimum atomic E-state index is -5.30. The number of fused-ring (bicyclic) bond motifs is 1. The molecule has 36 heavy (non-hydrogen) atoms. The van der Waals surface area contributed by atoms with Gasteiger partial charge in [0, 0.05) is 19.0 Å². The van der Waals surface area contributed by atoms with Crippen LogP contribution in [0.5, 0.6) is 0 Å². The summed E-state index contributed by atoms with van der Waals surface area (Å²) in [4.78, 5) is 62.4. The van der Waals surface area contributed by atoms with Crippen molar-refractivity contribution in [1.29, 1.82) is 0 Å². The number of carbonyl (C=O) groups is 5. The number of hydrogen-bond acceptors (Lipinski definition) is 5. The zero-order valence-corrected chi connectivity index (χ0v) is 19.7. The molecule has 0 bridgehead atoms. The second-order valence-corrected chi connectivity index (χ2v) is 10.5. The molecule has 1 aliphatic carbocycles. The fourth-order valence-corrected chi connectivity index (χ4v) is 4.82. The summed E-state index contributed by atoms with van der Waals surface area (Å²) in [5, 5.41) is 6.39. The number of primary amides is 1. The Labute approximate surface area is 202 Å². The fourth-order valence-electron chi connectivity index (χ4n) is 4.82. The van der Waals surface area contributed by atoms with Crippen LogP contribution in [0.25, 0.3) is 0 Å². The normalized spacial score (nSPS) is 28.6. The van der Waals surface area contributed by atoms with E-state index < -0.39 is 83.6 Å². The van der Waals surface area contributed by atoms with Crippen LogP contribution in [0, 0.1) is 23.2 Å². The molecule has 0 radical (unpaired) electrons. The van der Waals surface area contributed by atoms with Crippen molar-refractivity contribution in [3.8, 4) is 0 Å². The van der Waals surface area contributed by atoms with Gasteiger partial charge in [-0.05, 0) is 18.3 Å². The number of piperidine rings is 1. The molecule has 3 fully saturated rings. The predicted molar refractivity (Wildman–Crippen MR) is 112 cm³/mol. The summed E-state index contributed by atoms with van der Waals surface area (Å²) in [7, 11) is 0. The molecule has 10 nitrogen and oxygen atoms in total. The SMILES string of the molecule is CC(C)(C)[C@H](NC(=O)C(F)(F)F)C(=O)N1C[C@H]2[C@@H]([C@H]1C(=O)N[C@@H](C[C@@H]1CCNC1=O)C(N)=O)C2(F)F. The van der Waals surface area contributed by atoms with Crippen molar-refractivity contribution in [2.45, 2.75) is 63.8 Å². The number of halogens is 5. The van der Waals surface area contributed by atoms with Gasteiger partial charge in [-0.1, -0.05) is 20.8 Å². The zero-order valence-electron chi connectivity index (χ0n) is 19.7. The monoisotopic (exact) mass is 525 g/mol. The Bertz CT molecular complexity index is 966. The van der Waals surface area contributed by atoms with E-state index in [1.165, 1.54) is 20.8 Å². The van der Waals surface area contributed by atoms with Gasteiger partial charge in [0.25, 0.3) is 5.92 Å². The molecule has 0 unspecified atom stereocenters. The minimum Gasteiger partial charge on any atom is -0.368 e. The van der Waals surface area contributed by atoms with Crippen LogP contribution in [0.3, 0.4) is 0 Å². The summed E-state index contributed by atoms with van der Waals surface area (Å²) in [6, 6.07) is -5.01. The first-order valence-corrected chi connectivity index (χ1v) is 11.3. The quantitative estimate of drug-likeness (QED) is 0.336. The van der Waals surface area contributed by atoms with E-state index in [1.807, 2.05) is 0 Å². The third-order valence-corrected chi connectivity index (χ3v) is 6.87. The molecule has 3 aliphatic rings. The molecule has 1 saturated carbocycles. The lowest BCUT2D eigenvalue weighted by atomic mass is 9.85. The van der Waals surface area contributed by atoms with Gasteiger partial charge in [0.2, 0.25) is 23.6 Å². The van der Waals surface area contributed by atoms with Gasteiger partial charge in [-0.2, -0.15) is 13.2 Å². The first-order valence-electron chi connectivity index (χ1n) is 11.3. The molecular weight excluding hydrogens is 497 g/mol. The van der Waals surface area contributed by atoms with Crippen molar-refractivity contribution in [3.63, 3.8) is 0 Å². The zero-order chi connectivity index (χ0) is 27.4. The highest BCUT2D eigenvalue weighted by Gasteiger charge is 2.78. The van der Waals surface area contributed by atoms with Crippen molar-refractivity contribution >= 4 is 29.5 Å². The lowest BCUT2D eigenvalue weighted by Crippen LogP contribution is -2.61. The summed E-state index contributed by atoms with van der Waals surface area (Å²) >= 11 is 0. The number of alkyl halides is 5. The summed E-state index contributed by atoms with van der Waals surface area (Å²) in [6.45, 7) is 3.81. The van der Waals surface area contributed by atoms with Crippen LogP contribution >= 0.6 is 0 Å². The molecule has 2 heterocycles. The molecule has 0 aromatic heterocycles. The highest BCUT2D eigenvalue weighted by molar-refractivity contribution is 5.96. The van der Waals surface area contributed by atoms with Gasteiger partial charge < -0.3 is 26.6 Å². The highest BCUT2D eigenvalue weighted by atomic mass is 19.4. The molecule has 2 saturated heterocycles. The van der Waals surface area contributed by atoms with E-state index in [2.05, 4.69) is 10.6 Å². The van der Waals surface area contributed by atoms with E-state index in [4.69, 9.17) is 5.73 Å². The Hall–Kier alpha value is -3.00. The Morgan fingerprint density at radius 1 is 1.17 bits per heavy atom. The molecule has 2 aliphatic heterocycles. The second-order valence-electron chi connectivity index (χ2n) is 10.5. The molecule has 0 aromatic carbocycles. The van der Waals surface area contributed by atoms with Crippen LogP contribution < -0.4 is 21.7 Å². The topological polar surface area (TPSA) is 151 Å². The number of carbonyl (C=O) groups excluding carboxylic acids is 5. The average molecular weight is 525 g/mol.